The van der Waals surface area contributed by atoms with Gasteiger partial charge in [-0.15, -0.1) is 9.90 Å². The second kappa shape index (κ2) is 6.04. The van der Waals surface area contributed by atoms with Gasteiger partial charge < -0.3 is 5.32 Å². The molecule has 27 heavy (non-hydrogen) atoms. The molecule has 1 aliphatic heterocycles. The maximum Gasteiger partial charge on any atom is 0.322 e. The van der Waals surface area contributed by atoms with Crippen LogP contribution < -0.4 is 10.6 Å². The van der Waals surface area contributed by atoms with Gasteiger partial charge in [0.25, 0.3) is 11.8 Å². The average molecular weight is 374 g/mol. The van der Waals surface area contributed by atoms with Gasteiger partial charge in [-0.2, -0.15) is 5.10 Å². The molecule has 0 bridgehead atoms. The predicted molar refractivity (Wildman–Crippen MR) is 86.2 cm³/mol. The summed E-state index contributed by atoms with van der Waals surface area (Å²) in [7, 11) is 0. The summed E-state index contributed by atoms with van der Waals surface area (Å²) >= 11 is 0. The molecule has 1 atom stereocenters. The number of aliphatic imine (C=N–C) groups is 1. The molecule has 0 radical (unpaired) electrons. The van der Waals surface area contributed by atoms with Crippen LogP contribution in [0, 0.1) is 17.6 Å². The third-order valence-corrected chi connectivity index (χ3v) is 4.37. The van der Waals surface area contributed by atoms with E-state index < -0.39 is 35.0 Å². The van der Waals surface area contributed by atoms with Gasteiger partial charge >= 0.3 is 6.03 Å². The first-order valence-electron chi connectivity index (χ1n) is 8.00. The Bertz CT molecular complexity index is 1000. The number of halogens is 2. The smallest absolute Gasteiger partial charge is 0.318 e. The Hall–Kier alpha value is -3.50. The van der Waals surface area contributed by atoms with Crippen LogP contribution in [-0.4, -0.2) is 44.6 Å². The lowest BCUT2D eigenvalue weighted by Gasteiger charge is -2.19. The number of carbonyl (C=O) groups excluding carboxylic acids is 3. The molecule has 1 aromatic carbocycles. The van der Waals surface area contributed by atoms with E-state index in [-0.39, 0.29) is 17.3 Å². The molecular formula is C16H12F2N6O3. The highest BCUT2D eigenvalue weighted by Crippen LogP contribution is 2.40. The summed E-state index contributed by atoms with van der Waals surface area (Å²) in [5.74, 6) is -3.18. The number of urea groups is 1. The number of hydrogen-bond acceptors (Lipinski definition) is 5. The second-order valence-corrected chi connectivity index (χ2v) is 6.23. The monoisotopic (exact) mass is 374 g/mol. The first-order chi connectivity index (χ1) is 12.9. The number of nitrogens with zero attached hydrogens (tertiary/aromatic N) is 4. The van der Waals surface area contributed by atoms with E-state index in [9.17, 15) is 23.2 Å². The topological polar surface area (TPSA) is 118 Å². The molecule has 1 aromatic heterocycles. The van der Waals surface area contributed by atoms with E-state index in [1.807, 2.05) is 0 Å². The van der Waals surface area contributed by atoms with E-state index in [0.717, 1.165) is 29.3 Å². The molecule has 2 N–H and O–H groups in total. The SMILES string of the molecule is O=C1NC(=O)[C@](C=NC(=O)c2cnn(-c3ccc(F)cc3F)n2)(C2CC2)N1. The van der Waals surface area contributed by atoms with Crippen LogP contribution in [0.25, 0.3) is 5.69 Å². The summed E-state index contributed by atoms with van der Waals surface area (Å²) < 4.78 is 26.8. The standard InChI is InChI=1S/C16H12F2N6O3/c17-9-3-4-12(10(18)5-9)24-20-6-11(23-24)13(25)19-7-16(8-1-2-8)14(26)21-15(27)22-16/h3-8H,1-2H2,(H2,21,22,26,27)/t16-/m0/s1. The van der Waals surface area contributed by atoms with Crippen LogP contribution in [0.15, 0.2) is 29.4 Å². The van der Waals surface area contributed by atoms with Crippen molar-refractivity contribution in [1.82, 2.24) is 25.6 Å². The first-order valence-corrected chi connectivity index (χ1v) is 8.00. The Balaban J connectivity index is 1.57. The maximum atomic E-state index is 13.8. The van der Waals surface area contributed by atoms with Gasteiger partial charge in [0.2, 0.25) is 0 Å². The van der Waals surface area contributed by atoms with Crippen LogP contribution in [0.3, 0.4) is 0 Å². The van der Waals surface area contributed by atoms with Gasteiger partial charge in [0.05, 0.1) is 6.20 Å². The van der Waals surface area contributed by atoms with Crippen molar-refractivity contribution in [2.75, 3.05) is 0 Å². The number of carbonyl (C=O) groups is 3. The van der Waals surface area contributed by atoms with Gasteiger partial charge in [0.1, 0.15) is 11.5 Å². The molecule has 2 fully saturated rings. The molecule has 4 rings (SSSR count). The Kier molecular flexibility index (Phi) is 3.79. The molecule has 4 amide bonds. The number of rotatable bonds is 4. The van der Waals surface area contributed by atoms with Crippen LogP contribution in [-0.2, 0) is 4.79 Å². The van der Waals surface area contributed by atoms with E-state index in [2.05, 4.69) is 25.8 Å². The second-order valence-electron chi connectivity index (χ2n) is 6.23. The number of aromatic nitrogens is 3. The molecule has 1 saturated carbocycles. The molecule has 2 heterocycles. The quantitative estimate of drug-likeness (QED) is 0.605. The predicted octanol–water partition coefficient (Wildman–Crippen LogP) is 0.745. The summed E-state index contributed by atoms with van der Waals surface area (Å²) in [6.07, 6.45) is 3.60. The van der Waals surface area contributed by atoms with Crippen LogP contribution in [0.4, 0.5) is 13.6 Å². The van der Waals surface area contributed by atoms with E-state index in [0.29, 0.717) is 18.9 Å². The molecule has 0 unspecified atom stereocenters. The van der Waals surface area contributed by atoms with Gasteiger partial charge in [-0.25, -0.2) is 18.6 Å². The molecule has 11 heteroatoms. The van der Waals surface area contributed by atoms with E-state index in [4.69, 9.17) is 0 Å². The first kappa shape index (κ1) is 16.9. The molecule has 2 aliphatic rings. The van der Waals surface area contributed by atoms with Crippen molar-refractivity contribution in [2.45, 2.75) is 18.4 Å². The Morgan fingerprint density at radius 1 is 1.33 bits per heavy atom. The molecule has 9 nitrogen and oxygen atoms in total. The van der Waals surface area contributed by atoms with Gasteiger partial charge in [0.15, 0.2) is 17.1 Å². The third kappa shape index (κ3) is 2.96. The molecule has 1 saturated heterocycles. The normalized spacial score (nSPS) is 22.1. The molecule has 1 aliphatic carbocycles. The fourth-order valence-electron chi connectivity index (χ4n) is 2.85. The molecule has 2 aromatic rings. The minimum Gasteiger partial charge on any atom is -0.318 e. The van der Waals surface area contributed by atoms with Gasteiger partial charge in [0, 0.05) is 12.3 Å². The van der Waals surface area contributed by atoms with Crippen molar-refractivity contribution in [3.8, 4) is 5.69 Å². The lowest BCUT2D eigenvalue weighted by atomic mass is 9.95. The zero-order valence-electron chi connectivity index (χ0n) is 13.6. The van der Waals surface area contributed by atoms with Crippen LogP contribution in [0.1, 0.15) is 23.3 Å². The summed E-state index contributed by atoms with van der Waals surface area (Å²) in [6, 6.07) is 2.17. The fourth-order valence-corrected chi connectivity index (χ4v) is 2.85. The highest BCUT2D eigenvalue weighted by Gasteiger charge is 2.55. The molecular weight excluding hydrogens is 362 g/mol. The lowest BCUT2D eigenvalue weighted by molar-refractivity contribution is -0.122. The highest BCUT2D eigenvalue weighted by atomic mass is 19.1. The van der Waals surface area contributed by atoms with Crippen LogP contribution >= 0.6 is 0 Å². The number of hydrogen-bond donors (Lipinski definition) is 2. The Morgan fingerprint density at radius 3 is 2.74 bits per heavy atom. The van der Waals surface area contributed by atoms with Crippen molar-refractivity contribution in [3.63, 3.8) is 0 Å². The van der Waals surface area contributed by atoms with E-state index in [1.165, 1.54) is 0 Å². The van der Waals surface area contributed by atoms with Crippen LogP contribution in [0.2, 0.25) is 0 Å². The van der Waals surface area contributed by atoms with Crippen molar-refractivity contribution in [3.05, 3.63) is 41.7 Å². The Labute approximate surface area is 150 Å². The van der Waals surface area contributed by atoms with Crippen molar-refractivity contribution in [1.29, 1.82) is 0 Å². The number of imide groups is 1. The van der Waals surface area contributed by atoms with Crippen molar-refractivity contribution >= 4 is 24.1 Å². The Morgan fingerprint density at radius 2 is 2.11 bits per heavy atom. The van der Waals surface area contributed by atoms with Gasteiger partial charge in [-0.1, -0.05) is 0 Å². The zero-order valence-corrected chi connectivity index (χ0v) is 13.6. The van der Waals surface area contributed by atoms with Gasteiger partial charge in [-0.3, -0.25) is 14.9 Å². The molecule has 138 valence electrons. The third-order valence-electron chi connectivity index (χ3n) is 4.37. The lowest BCUT2D eigenvalue weighted by Crippen LogP contribution is -2.50. The largest absolute Gasteiger partial charge is 0.322 e. The minimum atomic E-state index is -1.36. The zero-order chi connectivity index (χ0) is 19.2. The van der Waals surface area contributed by atoms with Crippen molar-refractivity contribution < 1.29 is 23.2 Å². The summed E-state index contributed by atoms with van der Waals surface area (Å²) in [5, 5.41) is 12.2. The number of nitrogens with one attached hydrogen (secondary N) is 2. The minimum absolute atomic E-state index is 0.135. The summed E-state index contributed by atoms with van der Waals surface area (Å²) in [6.45, 7) is 0. The summed E-state index contributed by atoms with van der Waals surface area (Å²) in [5.41, 5.74) is -1.70. The number of benzene rings is 1. The summed E-state index contributed by atoms with van der Waals surface area (Å²) in [4.78, 5) is 40.4. The maximum absolute atomic E-state index is 13.8. The van der Waals surface area contributed by atoms with Crippen LogP contribution in [0.5, 0.6) is 0 Å². The van der Waals surface area contributed by atoms with Crippen molar-refractivity contribution in [2.24, 2.45) is 10.9 Å². The van der Waals surface area contributed by atoms with Gasteiger partial charge in [-0.05, 0) is 30.9 Å². The molecule has 0 spiro atoms. The van der Waals surface area contributed by atoms with E-state index >= 15 is 0 Å². The fraction of sp³-hybridized carbons (Fsp3) is 0.250. The number of amides is 4. The van der Waals surface area contributed by atoms with E-state index in [1.54, 1.807) is 0 Å². The average Bonchev–Trinajstić information content (AvgIpc) is 3.28. The highest BCUT2D eigenvalue weighted by molar-refractivity contribution is 6.18.